The van der Waals surface area contributed by atoms with Crippen LogP contribution in [0.2, 0.25) is 0 Å². The number of benzene rings is 2. The van der Waals surface area contributed by atoms with Gasteiger partial charge in [-0.1, -0.05) is 0 Å². The van der Waals surface area contributed by atoms with Crippen LogP contribution in [0.15, 0.2) is 40.9 Å². The molecule has 0 saturated carbocycles. The molecule has 0 spiro atoms. The van der Waals surface area contributed by atoms with Crippen LogP contribution in [0.1, 0.15) is 29.6 Å². The molecule has 0 unspecified atom stereocenters. The topological polar surface area (TPSA) is 79.2 Å². The molecule has 8 nitrogen and oxygen atoms in total. The number of carbonyl (C=O) groups excluding carboxylic acids is 1. The first-order chi connectivity index (χ1) is 15.5. The summed E-state index contributed by atoms with van der Waals surface area (Å²) in [7, 11) is 1.59. The van der Waals surface area contributed by atoms with E-state index in [0.717, 1.165) is 36.1 Å². The molecule has 2 heterocycles. The van der Waals surface area contributed by atoms with Gasteiger partial charge in [0.15, 0.2) is 0 Å². The number of piperidine rings is 1. The summed E-state index contributed by atoms with van der Waals surface area (Å²) >= 11 is 3.44. The van der Waals surface area contributed by atoms with E-state index in [1.807, 2.05) is 17.0 Å². The number of anilines is 2. The van der Waals surface area contributed by atoms with Gasteiger partial charge in [-0.05, 0) is 65.5 Å². The van der Waals surface area contributed by atoms with Gasteiger partial charge in [-0.2, -0.15) is 0 Å². The molecule has 2 aromatic rings. The lowest BCUT2D eigenvalue weighted by molar-refractivity contribution is -0.384. The van der Waals surface area contributed by atoms with E-state index in [-0.39, 0.29) is 16.5 Å². The Morgan fingerprint density at radius 2 is 1.69 bits per heavy atom. The van der Waals surface area contributed by atoms with Crippen molar-refractivity contribution in [2.24, 2.45) is 0 Å². The highest BCUT2D eigenvalue weighted by Crippen LogP contribution is 2.34. The molecular weight excluding hydrogens is 476 g/mol. The second-order valence-corrected chi connectivity index (χ2v) is 8.96. The number of carbonyl (C=O) groups is 1. The van der Waals surface area contributed by atoms with Crippen LogP contribution in [-0.2, 0) is 0 Å². The first-order valence-corrected chi connectivity index (χ1v) is 11.7. The Hall–Kier alpha value is -2.81. The standard InChI is InChI=1S/C23H27BrN4O4/c1-32-22-8-5-17(15-19(22)24)23(29)27-13-11-25(12-14-27)18-6-7-20(28(30)31)21(16-18)26-9-3-2-4-10-26/h5-8,15-16H,2-4,9-14H2,1H3. The molecule has 2 fully saturated rings. The molecule has 2 aromatic carbocycles. The van der Waals surface area contributed by atoms with Crippen molar-refractivity contribution in [3.8, 4) is 5.75 Å². The highest BCUT2D eigenvalue weighted by Gasteiger charge is 2.26. The van der Waals surface area contributed by atoms with E-state index in [4.69, 9.17) is 4.74 Å². The van der Waals surface area contributed by atoms with Crippen molar-refractivity contribution in [1.29, 1.82) is 0 Å². The van der Waals surface area contributed by atoms with Gasteiger partial charge in [0.25, 0.3) is 11.6 Å². The first-order valence-electron chi connectivity index (χ1n) is 10.9. The number of piperazine rings is 1. The lowest BCUT2D eigenvalue weighted by Crippen LogP contribution is -2.48. The van der Waals surface area contributed by atoms with E-state index < -0.39 is 0 Å². The highest BCUT2D eigenvalue weighted by atomic mass is 79.9. The summed E-state index contributed by atoms with van der Waals surface area (Å²) in [6, 6.07) is 10.7. The average Bonchev–Trinajstić information content (AvgIpc) is 2.83. The first kappa shape index (κ1) is 22.4. The van der Waals surface area contributed by atoms with Crippen LogP contribution >= 0.6 is 15.9 Å². The number of halogens is 1. The predicted molar refractivity (Wildman–Crippen MR) is 128 cm³/mol. The molecule has 4 rings (SSSR count). The van der Waals surface area contributed by atoms with Crippen molar-refractivity contribution in [2.45, 2.75) is 19.3 Å². The molecule has 2 aliphatic rings. The molecule has 0 radical (unpaired) electrons. The number of ether oxygens (including phenoxy) is 1. The monoisotopic (exact) mass is 502 g/mol. The third kappa shape index (κ3) is 4.67. The van der Waals surface area contributed by atoms with E-state index in [9.17, 15) is 14.9 Å². The van der Waals surface area contributed by atoms with Gasteiger partial charge in [-0.15, -0.1) is 0 Å². The van der Waals surface area contributed by atoms with E-state index >= 15 is 0 Å². The molecular formula is C23H27BrN4O4. The van der Waals surface area contributed by atoms with Crippen LogP contribution in [0.3, 0.4) is 0 Å². The minimum Gasteiger partial charge on any atom is -0.496 e. The molecule has 0 bridgehead atoms. The summed E-state index contributed by atoms with van der Waals surface area (Å²) in [5.41, 5.74) is 2.45. The summed E-state index contributed by atoms with van der Waals surface area (Å²) in [6.07, 6.45) is 3.29. The second-order valence-electron chi connectivity index (χ2n) is 8.11. The molecule has 0 atom stereocenters. The summed E-state index contributed by atoms with van der Waals surface area (Å²) in [4.78, 5) is 30.4. The maximum absolute atomic E-state index is 12.9. The average molecular weight is 503 g/mol. The minimum atomic E-state index is -0.294. The Labute approximate surface area is 196 Å². The van der Waals surface area contributed by atoms with Crippen molar-refractivity contribution < 1.29 is 14.5 Å². The fourth-order valence-electron chi connectivity index (χ4n) is 4.40. The molecule has 32 heavy (non-hydrogen) atoms. The van der Waals surface area contributed by atoms with Crippen LogP contribution in [0, 0.1) is 10.1 Å². The number of nitrogens with zero attached hydrogens (tertiary/aromatic N) is 4. The zero-order chi connectivity index (χ0) is 22.7. The van der Waals surface area contributed by atoms with Crippen LogP contribution in [0.4, 0.5) is 17.1 Å². The van der Waals surface area contributed by atoms with Gasteiger partial charge in [0.05, 0.1) is 16.5 Å². The van der Waals surface area contributed by atoms with Gasteiger partial charge in [-0.3, -0.25) is 14.9 Å². The Kier molecular flexibility index (Phi) is 6.83. The molecule has 0 aromatic heterocycles. The SMILES string of the molecule is COc1ccc(C(=O)N2CCN(c3ccc([N+](=O)[O-])c(N4CCCCC4)c3)CC2)cc1Br. The minimum absolute atomic E-state index is 0.00860. The van der Waals surface area contributed by atoms with Crippen molar-refractivity contribution in [1.82, 2.24) is 4.90 Å². The second kappa shape index (κ2) is 9.77. The van der Waals surface area contributed by atoms with Gasteiger partial charge in [0.2, 0.25) is 0 Å². The van der Waals surface area contributed by atoms with Crippen molar-refractivity contribution in [3.63, 3.8) is 0 Å². The summed E-state index contributed by atoms with van der Waals surface area (Å²) < 4.78 is 5.99. The Morgan fingerprint density at radius 1 is 0.969 bits per heavy atom. The van der Waals surface area contributed by atoms with Crippen LogP contribution in [-0.4, -0.2) is 62.1 Å². The molecule has 2 aliphatic heterocycles. The Morgan fingerprint density at radius 3 is 2.31 bits per heavy atom. The largest absolute Gasteiger partial charge is 0.496 e. The molecule has 1 amide bonds. The zero-order valence-corrected chi connectivity index (χ0v) is 19.7. The lowest BCUT2D eigenvalue weighted by atomic mass is 10.1. The fourth-order valence-corrected chi connectivity index (χ4v) is 4.94. The third-order valence-electron chi connectivity index (χ3n) is 6.18. The van der Waals surface area contributed by atoms with Gasteiger partial charge in [0.1, 0.15) is 11.4 Å². The van der Waals surface area contributed by atoms with Crippen molar-refractivity contribution in [3.05, 3.63) is 56.5 Å². The van der Waals surface area contributed by atoms with Crippen molar-refractivity contribution in [2.75, 3.05) is 56.2 Å². The molecule has 0 aliphatic carbocycles. The van der Waals surface area contributed by atoms with E-state index in [2.05, 4.69) is 25.7 Å². The number of nitro groups is 1. The van der Waals surface area contributed by atoms with Gasteiger partial charge < -0.3 is 19.4 Å². The maximum Gasteiger partial charge on any atom is 0.292 e. The Balaban J connectivity index is 1.46. The number of amides is 1. The van der Waals surface area contributed by atoms with Gasteiger partial charge in [0, 0.05) is 56.6 Å². The third-order valence-corrected chi connectivity index (χ3v) is 6.80. The summed E-state index contributed by atoms with van der Waals surface area (Å²) in [6.45, 7) is 4.26. The predicted octanol–water partition coefficient (Wildman–Crippen LogP) is 4.32. The summed E-state index contributed by atoms with van der Waals surface area (Å²) in [5, 5.41) is 11.6. The normalized spacial score (nSPS) is 16.8. The molecule has 2 saturated heterocycles. The van der Waals surface area contributed by atoms with Crippen LogP contribution in [0.25, 0.3) is 0 Å². The molecule has 9 heteroatoms. The number of nitro benzene ring substituents is 1. The number of hydrogen-bond acceptors (Lipinski definition) is 6. The number of hydrogen-bond donors (Lipinski definition) is 0. The number of methoxy groups -OCH3 is 1. The zero-order valence-electron chi connectivity index (χ0n) is 18.1. The van der Waals surface area contributed by atoms with Crippen LogP contribution < -0.4 is 14.5 Å². The van der Waals surface area contributed by atoms with E-state index in [1.165, 1.54) is 6.42 Å². The lowest BCUT2D eigenvalue weighted by Gasteiger charge is -2.37. The maximum atomic E-state index is 12.9. The van der Waals surface area contributed by atoms with Crippen molar-refractivity contribution >= 4 is 38.9 Å². The smallest absolute Gasteiger partial charge is 0.292 e. The van der Waals surface area contributed by atoms with E-state index in [1.54, 1.807) is 31.4 Å². The molecule has 170 valence electrons. The quantitative estimate of drug-likeness (QED) is 0.447. The van der Waals surface area contributed by atoms with Gasteiger partial charge in [-0.25, -0.2) is 0 Å². The fraction of sp³-hybridized carbons (Fsp3) is 0.435. The number of rotatable bonds is 5. The van der Waals surface area contributed by atoms with Crippen LogP contribution in [0.5, 0.6) is 5.75 Å². The van der Waals surface area contributed by atoms with E-state index in [0.29, 0.717) is 43.2 Å². The summed E-state index contributed by atoms with van der Waals surface area (Å²) in [5.74, 6) is 0.680. The van der Waals surface area contributed by atoms with Gasteiger partial charge >= 0.3 is 0 Å². The Bertz CT molecular complexity index is 1000. The molecule has 0 N–H and O–H groups in total. The highest BCUT2D eigenvalue weighted by molar-refractivity contribution is 9.10.